The molecule has 0 aliphatic heterocycles. The van der Waals surface area contributed by atoms with Gasteiger partial charge in [-0.05, 0) is 110 Å². The summed E-state index contributed by atoms with van der Waals surface area (Å²) < 4.78 is 0. The molecular formula is C29H48O. The van der Waals surface area contributed by atoms with Crippen LogP contribution in [0.25, 0.3) is 0 Å². The summed E-state index contributed by atoms with van der Waals surface area (Å²) in [5.41, 5.74) is 2.51. The van der Waals surface area contributed by atoms with Crippen LogP contribution in [0.1, 0.15) is 99.3 Å². The van der Waals surface area contributed by atoms with Crippen molar-refractivity contribution in [2.75, 3.05) is 0 Å². The molecule has 1 nitrogen and oxygen atoms in total. The Labute approximate surface area is 186 Å². The van der Waals surface area contributed by atoms with E-state index >= 15 is 0 Å². The van der Waals surface area contributed by atoms with E-state index in [0.717, 1.165) is 48.3 Å². The number of fused-ring (bicyclic) bond motifs is 5. The summed E-state index contributed by atoms with van der Waals surface area (Å²) in [6.45, 7) is 14.8. The van der Waals surface area contributed by atoms with Gasteiger partial charge in [-0.1, -0.05) is 65.3 Å². The van der Waals surface area contributed by atoms with E-state index in [2.05, 4.69) is 59.8 Å². The van der Waals surface area contributed by atoms with Crippen molar-refractivity contribution < 1.29 is 5.11 Å². The Kier molecular flexibility index (Phi) is 6.35. The van der Waals surface area contributed by atoms with E-state index in [1.54, 1.807) is 5.57 Å². The quantitative estimate of drug-likeness (QED) is 0.457. The zero-order valence-corrected chi connectivity index (χ0v) is 20.7. The van der Waals surface area contributed by atoms with E-state index in [0.29, 0.717) is 16.7 Å². The maximum Gasteiger partial charge on any atom is 0.0577 e. The predicted molar refractivity (Wildman–Crippen MR) is 128 cm³/mol. The van der Waals surface area contributed by atoms with Gasteiger partial charge < -0.3 is 5.11 Å². The van der Waals surface area contributed by atoms with Gasteiger partial charge in [-0.15, -0.1) is 0 Å². The molecule has 0 saturated heterocycles. The molecule has 0 bridgehead atoms. The molecule has 4 rings (SSSR count). The molecule has 9 atom stereocenters. The van der Waals surface area contributed by atoms with Crippen molar-refractivity contribution in [3.63, 3.8) is 0 Å². The molecule has 3 saturated carbocycles. The number of allylic oxidation sites excluding steroid dienone is 3. The van der Waals surface area contributed by atoms with Crippen molar-refractivity contribution in [3.8, 4) is 0 Å². The van der Waals surface area contributed by atoms with Crippen molar-refractivity contribution in [2.45, 2.75) is 105 Å². The highest BCUT2D eigenvalue weighted by Gasteiger charge is 2.58. The minimum atomic E-state index is -0.0870. The molecule has 0 heterocycles. The standard InChI is InChI=1S/C29H48O/c1-7-21(19(2)3)9-8-20(4)25-12-13-26-24-11-10-22-18-23(30)14-16-28(22,5)27(24)15-17-29(25,26)6/h8-10,19-21,23-27,30H,7,11-18H2,1-6H3/b9-8+/t20-,21-,23+,24?,25-,26+,27+,28+,29-/m1/s1. The zero-order valence-electron chi connectivity index (χ0n) is 20.7. The van der Waals surface area contributed by atoms with E-state index in [1.807, 2.05) is 0 Å². The van der Waals surface area contributed by atoms with Crippen LogP contribution in [-0.2, 0) is 0 Å². The van der Waals surface area contributed by atoms with E-state index in [9.17, 15) is 5.11 Å². The maximum absolute atomic E-state index is 10.2. The Balaban J connectivity index is 1.52. The lowest BCUT2D eigenvalue weighted by molar-refractivity contribution is -0.0540. The summed E-state index contributed by atoms with van der Waals surface area (Å²) in [5, 5.41) is 10.2. The summed E-state index contributed by atoms with van der Waals surface area (Å²) in [6, 6.07) is 0. The lowest BCUT2D eigenvalue weighted by Gasteiger charge is -2.58. The van der Waals surface area contributed by atoms with Gasteiger partial charge in [0, 0.05) is 0 Å². The third-order valence-corrected chi connectivity index (χ3v) is 10.8. The normalized spacial score (nSPS) is 45.6. The summed E-state index contributed by atoms with van der Waals surface area (Å²) in [5.74, 6) is 5.70. The van der Waals surface area contributed by atoms with E-state index < -0.39 is 0 Å². The number of aliphatic hydroxyl groups excluding tert-OH is 1. The third-order valence-electron chi connectivity index (χ3n) is 10.8. The maximum atomic E-state index is 10.2. The van der Waals surface area contributed by atoms with Crippen LogP contribution in [0.2, 0.25) is 0 Å². The largest absolute Gasteiger partial charge is 0.393 e. The highest BCUT2D eigenvalue weighted by molar-refractivity contribution is 5.25. The molecule has 4 aliphatic rings. The second-order valence-electron chi connectivity index (χ2n) is 12.4. The first kappa shape index (κ1) is 22.6. The predicted octanol–water partition coefficient (Wildman–Crippen LogP) is 7.80. The molecule has 3 fully saturated rings. The molecule has 0 aromatic rings. The number of aliphatic hydroxyl groups is 1. The van der Waals surface area contributed by atoms with Crippen LogP contribution in [0.5, 0.6) is 0 Å². The average Bonchev–Trinajstić information content (AvgIpc) is 3.06. The molecule has 170 valence electrons. The molecule has 4 aliphatic carbocycles. The van der Waals surface area contributed by atoms with Gasteiger partial charge in [0.15, 0.2) is 0 Å². The lowest BCUT2D eigenvalue weighted by Crippen LogP contribution is -2.50. The summed E-state index contributed by atoms with van der Waals surface area (Å²) in [7, 11) is 0. The molecule has 0 aromatic heterocycles. The van der Waals surface area contributed by atoms with Gasteiger partial charge in [0.2, 0.25) is 0 Å². The van der Waals surface area contributed by atoms with Crippen LogP contribution in [0.3, 0.4) is 0 Å². The fourth-order valence-electron chi connectivity index (χ4n) is 8.83. The highest BCUT2D eigenvalue weighted by atomic mass is 16.3. The Morgan fingerprint density at radius 2 is 1.80 bits per heavy atom. The fraction of sp³-hybridized carbons (Fsp3) is 0.862. The van der Waals surface area contributed by atoms with Crippen LogP contribution in [0.15, 0.2) is 23.8 Å². The minimum Gasteiger partial charge on any atom is -0.393 e. The van der Waals surface area contributed by atoms with Crippen LogP contribution in [0, 0.1) is 52.3 Å². The Morgan fingerprint density at radius 1 is 1.03 bits per heavy atom. The van der Waals surface area contributed by atoms with Gasteiger partial charge >= 0.3 is 0 Å². The van der Waals surface area contributed by atoms with Crippen LogP contribution >= 0.6 is 0 Å². The smallest absolute Gasteiger partial charge is 0.0577 e. The molecule has 1 N–H and O–H groups in total. The van der Waals surface area contributed by atoms with Gasteiger partial charge in [-0.25, -0.2) is 0 Å². The van der Waals surface area contributed by atoms with Gasteiger partial charge in [-0.3, -0.25) is 0 Å². The van der Waals surface area contributed by atoms with Crippen molar-refractivity contribution in [1.82, 2.24) is 0 Å². The van der Waals surface area contributed by atoms with Crippen molar-refractivity contribution in [2.24, 2.45) is 52.3 Å². The molecule has 30 heavy (non-hydrogen) atoms. The van der Waals surface area contributed by atoms with Gasteiger partial charge in [0.1, 0.15) is 0 Å². The first-order valence-corrected chi connectivity index (χ1v) is 13.3. The summed E-state index contributed by atoms with van der Waals surface area (Å²) >= 11 is 0. The van der Waals surface area contributed by atoms with Gasteiger partial charge in [0.05, 0.1) is 6.10 Å². The topological polar surface area (TPSA) is 20.2 Å². The molecule has 0 radical (unpaired) electrons. The minimum absolute atomic E-state index is 0.0870. The zero-order chi connectivity index (χ0) is 21.7. The van der Waals surface area contributed by atoms with Crippen molar-refractivity contribution in [3.05, 3.63) is 23.8 Å². The molecule has 0 amide bonds. The fourth-order valence-corrected chi connectivity index (χ4v) is 8.83. The Bertz CT molecular complexity index is 674. The van der Waals surface area contributed by atoms with Crippen LogP contribution < -0.4 is 0 Å². The highest BCUT2D eigenvalue weighted by Crippen LogP contribution is 2.67. The Hall–Kier alpha value is -0.560. The summed E-state index contributed by atoms with van der Waals surface area (Å²) in [4.78, 5) is 0. The SMILES string of the molecule is CC[C@H](/C=C/[C@@H](C)[C@H]1CC[C@H]2C3CC=C4C[C@@H](O)CC[C@]4(C)[C@H]3CC[C@]12C)C(C)C. The molecule has 0 spiro atoms. The molecule has 1 unspecified atom stereocenters. The molecular weight excluding hydrogens is 364 g/mol. The van der Waals surface area contributed by atoms with Crippen LogP contribution in [-0.4, -0.2) is 11.2 Å². The number of hydrogen-bond donors (Lipinski definition) is 1. The van der Waals surface area contributed by atoms with Crippen molar-refractivity contribution >= 4 is 0 Å². The number of hydrogen-bond acceptors (Lipinski definition) is 1. The monoisotopic (exact) mass is 412 g/mol. The average molecular weight is 413 g/mol. The van der Waals surface area contributed by atoms with E-state index in [4.69, 9.17) is 0 Å². The third kappa shape index (κ3) is 3.66. The first-order chi connectivity index (χ1) is 14.2. The van der Waals surface area contributed by atoms with Crippen LogP contribution in [0.4, 0.5) is 0 Å². The molecule has 1 heteroatoms. The van der Waals surface area contributed by atoms with Gasteiger partial charge in [0.25, 0.3) is 0 Å². The second-order valence-corrected chi connectivity index (χ2v) is 12.4. The first-order valence-electron chi connectivity index (χ1n) is 13.3. The Morgan fingerprint density at radius 3 is 2.50 bits per heavy atom. The van der Waals surface area contributed by atoms with Gasteiger partial charge in [-0.2, -0.15) is 0 Å². The van der Waals surface area contributed by atoms with Crippen molar-refractivity contribution in [1.29, 1.82) is 0 Å². The lowest BCUT2D eigenvalue weighted by atomic mass is 9.47. The van der Waals surface area contributed by atoms with E-state index in [-0.39, 0.29) is 6.10 Å². The molecule has 0 aromatic carbocycles. The summed E-state index contributed by atoms with van der Waals surface area (Å²) in [6.07, 6.45) is 19.1. The van der Waals surface area contributed by atoms with E-state index in [1.165, 1.54) is 44.9 Å². The number of rotatable bonds is 5. The second kappa shape index (κ2) is 8.42.